The Hall–Kier alpha value is -3.26. The van der Waals surface area contributed by atoms with Crippen LogP contribution in [0.4, 0.5) is 11.5 Å². The Balaban J connectivity index is 2.06. The van der Waals surface area contributed by atoms with Crippen molar-refractivity contribution in [2.75, 3.05) is 7.11 Å². The molecule has 2 heterocycles. The van der Waals surface area contributed by atoms with Crippen LogP contribution >= 0.6 is 11.6 Å². The number of imidazole rings is 1. The van der Waals surface area contributed by atoms with Gasteiger partial charge in [-0.1, -0.05) is 17.7 Å². The lowest BCUT2D eigenvalue weighted by atomic mass is 10.2. The van der Waals surface area contributed by atoms with E-state index in [9.17, 15) is 14.7 Å². The first-order valence-corrected chi connectivity index (χ1v) is 7.38. The van der Waals surface area contributed by atoms with Crippen LogP contribution in [0.5, 0.6) is 0 Å². The Morgan fingerprint density at radius 3 is 2.76 bits per heavy atom. The third-order valence-electron chi connectivity index (χ3n) is 3.29. The highest BCUT2D eigenvalue weighted by atomic mass is 35.5. The maximum Gasteiger partial charge on any atom is 0.358 e. The fourth-order valence-electron chi connectivity index (χ4n) is 2.16. The summed E-state index contributed by atoms with van der Waals surface area (Å²) in [5, 5.41) is 17.7. The number of rotatable bonds is 4. The number of aromatic nitrogens is 2. The predicted molar refractivity (Wildman–Crippen MR) is 89.1 cm³/mol. The van der Waals surface area contributed by atoms with Crippen LogP contribution in [-0.4, -0.2) is 33.5 Å². The number of azo groups is 1. The second-order valence-electron chi connectivity index (χ2n) is 4.91. The van der Waals surface area contributed by atoms with Crippen molar-refractivity contribution in [2.45, 2.75) is 0 Å². The van der Waals surface area contributed by atoms with Crippen molar-refractivity contribution in [3.8, 4) is 0 Å². The molecule has 0 aliphatic heterocycles. The van der Waals surface area contributed by atoms with Crippen molar-refractivity contribution in [3.05, 3.63) is 58.9 Å². The monoisotopic (exact) mass is 358 g/mol. The van der Waals surface area contributed by atoms with Gasteiger partial charge in [0.1, 0.15) is 5.65 Å². The number of carbonyl (C=O) groups excluding carboxylic acids is 1. The lowest BCUT2D eigenvalue weighted by molar-refractivity contribution is 0.0600. The number of nitrogens with zero attached hydrogens (tertiary/aromatic N) is 4. The number of ether oxygens (including phenoxy) is 1. The molecule has 0 aliphatic carbocycles. The summed E-state index contributed by atoms with van der Waals surface area (Å²) in [7, 11) is 1.28. The van der Waals surface area contributed by atoms with E-state index in [0.717, 1.165) is 0 Å². The molecule has 0 bridgehead atoms. The van der Waals surface area contributed by atoms with E-state index in [1.807, 2.05) is 0 Å². The van der Waals surface area contributed by atoms with Gasteiger partial charge in [0.15, 0.2) is 11.5 Å². The number of hydrogen-bond donors (Lipinski definition) is 1. The smallest absolute Gasteiger partial charge is 0.358 e. The minimum Gasteiger partial charge on any atom is -0.476 e. The average molecular weight is 359 g/mol. The first-order valence-electron chi connectivity index (χ1n) is 7.00. The molecule has 0 saturated heterocycles. The van der Waals surface area contributed by atoms with Gasteiger partial charge >= 0.3 is 11.9 Å². The largest absolute Gasteiger partial charge is 0.476 e. The quantitative estimate of drug-likeness (QED) is 0.562. The first-order chi connectivity index (χ1) is 12.0. The molecular formula is C16H11ClN4O4. The van der Waals surface area contributed by atoms with Crippen LogP contribution in [0.15, 0.2) is 52.8 Å². The van der Waals surface area contributed by atoms with Crippen LogP contribution < -0.4 is 0 Å². The van der Waals surface area contributed by atoms with Crippen LogP contribution in [0.3, 0.4) is 0 Å². The van der Waals surface area contributed by atoms with Gasteiger partial charge in [-0.3, -0.25) is 4.40 Å². The van der Waals surface area contributed by atoms with Gasteiger partial charge < -0.3 is 9.84 Å². The summed E-state index contributed by atoms with van der Waals surface area (Å²) in [5.41, 5.74) is 0.781. The number of hydrogen-bond acceptors (Lipinski definition) is 6. The van der Waals surface area contributed by atoms with E-state index in [-0.39, 0.29) is 11.5 Å². The Kier molecular flexibility index (Phi) is 4.44. The summed E-state index contributed by atoms with van der Waals surface area (Å²) in [6.07, 6.45) is 1.50. The van der Waals surface area contributed by atoms with Crippen LogP contribution in [-0.2, 0) is 4.74 Å². The van der Waals surface area contributed by atoms with Crippen LogP contribution in [0.1, 0.15) is 20.8 Å². The number of fused-ring (bicyclic) bond motifs is 1. The summed E-state index contributed by atoms with van der Waals surface area (Å²) < 4.78 is 6.08. The Morgan fingerprint density at radius 1 is 1.24 bits per heavy atom. The minimum absolute atomic E-state index is 0.0217. The fraction of sp³-hybridized carbons (Fsp3) is 0.0625. The van der Waals surface area contributed by atoms with E-state index in [1.165, 1.54) is 23.8 Å². The molecule has 0 saturated carbocycles. The average Bonchev–Trinajstić information content (AvgIpc) is 2.97. The lowest BCUT2D eigenvalue weighted by Gasteiger charge is -2.00. The highest BCUT2D eigenvalue weighted by Gasteiger charge is 2.18. The molecule has 0 aliphatic rings. The van der Waals surface area contributed by atoms with Gasteiger partial charge in [-0.15, -0.1) is 10.2 Å². The standard InChI is InChI=1S/C16H11ClN4O4/c1-25-16(24)9-3-2-4-11(7-9)19-20-14-13(15(22)23)18-12-6-5-10(17)8-21(12)14/h2-8H,1H3,(H,22,23). The topological polar surface area (TPSA) is 106 Å². The van der Waals surface area contributed by atoms with E-state index in [4.69, 9.17) is 11.6 Å². The molecule has 126 valence electrons. The Labute approximate surface area is 146 Å². The maximum absolute atomic E-state index is 11.6. The number of carbonyl (C=O) groups is 2. The molecule has 3 rings (SSSR count). The molecule has 1 N–H and O–H groups in total. The molecule has 0 atom stereocenters. The first kappa shape index (κ1) is 16.6. The second kappa shape index (κ2) is 6.70. The molecule has 0 fully saturated rings. The van der Waals surface area contributed by atoms with Gasteiger partial charge in [0.25, 0.3) is 0 Å². The summed E-state index contributed by atoms with van der Waals surface area (Å²) >= 11 is 5.95. The van der Waals surface area contributed by atoms with Gasteiger partial charge in [0.05, 0.1) is 23.4 Å². The highest BCUT2D eigenvalue weighted by molar-refractivity contribution is 6.30. The number of carboxylic acids is 1. The second-order valence-corrected chi connectivity index (χ2v) is 5.34. The number of methoxy groups -OCH3 is 1. The maximum atomic E-state index is 11.6. The number of aromatic carboxylic acids is 1. The molecule has 0 unspecified atom stereocenters. The molecule has 9 heteroatoms. The van der Waals surface area contributed by atoms with Crippen LogP contribution in [0, 0.1) is 0 Å². The summed E-state index contributed by atoms with van der Waals surface area (Å²) in [4.78, 5) is 27.0. The number of esters is 1. The zero-order valence-corrected chi connectivity index (χ0v) is 13.6. The molecule has 25 heavy (non-hydrogen) atoms. The minimum atomic E-state index is -1.24. The molecule has 0 spiro atoms. The number of halogens is 1. The number of carboxylic acid groups (broad SMARTS) is 1. The molecular weight excluding hydrogens is 348 g/mol. The van der Waals surface area contributed by atoms with Crippen molar-refractivity contribution in [3.63, 3.8) is 0 Å². The summed E-state index contributed by atoms with van der Waals surface area (Å²) in [6, 6.07) is 9.45. The highest BCUT2D eigenvalue weighted by Crippen LogP contribution is 2.26. The lowest BCUT2D eigenvalue weighted by Crippen LogP contribution is -1.99. The van der Waals surface area contributed by atoms with Crippen LogP contribution in [0.25, 0.3) is 5.65 Å². The molecule has 3 aromatic rings. The van der Waals surface area contributed by atoms with Gasteiger partial charge in [0, 0.05) is 6.20 Å². The summed E-state index contributed by atoms with van der Waals surface area (Å²) in [6.45, 7) is 0. The zero-order chi connectivity index (χ0) is 18.0. The third-order valence-corrected chi connectivity index (χ3v) is 3.51. The van der Waals surface area contributed by atoms with Crippen molar-refractivity contribution in [1.29, 1.82) is 0 Å². The predicted octanol–water partition coefficient (Wildman–Crippen LogP) is 3.89. The summed E-state index contributed by atoms with van der Waals surface area (Å²) in [5.74, 6) is -1.73. The van der Waals surface area contributed by atoms with Gasteiger partial charge in [0.2, 0.25) is 0 Å². The molecule has 2 aromatic heterocycles. The third kappa shape index (κ3) is 3.33. The van der Waals surface area contributed by atoms with E-state index < -0.39 is 11.9 Å². The van der Waals surface area contributed by atoms with E-state index in [2.05, 4.69) is 19.9 Å². The van der Waals surface area contributed by atoms with Crippen LogP contribution in [0.2, 0.25) is 5.02 Å². The molecule has 0 amide bonds. The van der Waals surface area contributed by atoms with Gasteiger partial charge in [-0.25, -0.2) is 14.6 Å². The van der Waals surface area contributed by atoms with Gasteiger partial charge in [-0.2, -0.15) is 0 Å². The Morgan fingerprint density at radius 2 is 2.04 bits per heavy atom. The van der Waals surface area contributed by atoms with Gasteiger partial charge in [-0.05, 0) is 30.3 Å². The van der Waals surface area contributed by atoms with Crippen molar-refractivity contribution < 1.29 is 19.4 Å². The molecule has 1 aromatic carbocycles. The van der Waals surface area contributed by atoms with E-state index >= 15 is 0 Å². The Bertz CT molecular complexity index is 1010. The molecule has 0 radical (unpaired) electrons. The van der Waals surface area contributed by atoms with Crippen molar-refractivity contribution in [1.82, 2.24) is 9.38 Å². The fourth-order valence-corrected chi connectivity index (χ4v) is 2.32. The normalized spacial score (nSPS) is 11.1. The zero-order valence-electron chi connectivity index (χ0n) is 12.9. The number of benzene rings is 1. The SMILES string of the molecule is COC(=O)c1cccc(N=Nc2c(C(=O)O)nc3ccc(Cl)cn23)c1. The molecule has 8 nitrogen and oxygen atoms in total. The van der Waals surface area contributed by atoms with E-state index in [1.54, 1.807) is 30.3 Å². The van der Waals surface area contributed by atoms with Crippen molar-refractivity contribution >= 4 is 40.7 Å². The number of pyridine rings is 1. The van der Waals surface area contributed by atoms with E-state index in [0.29, 0.717) is 21.9 Å². The van der Waals surface area contributed by atoms with Crippen molar-refractivity contribution in [2.24, 2.45) is 10.2 Å².